The molecule has 0 saturated heterocycles. The summed E-state index contributed by atoms with van der Waals surface area (Å²) in [6, 6.07) is 10.5. The van der Waals surface area contributed by atoms with Crippen molar-refractivity contribution in [3.63, 3.8) is 0 Å². The highest BCUT2D eigenvalue weighted by Gasteiger charge is 2.37. The first-order valence-electron chi connectivity index (χ1n) is 9.20. The number of carbonyl (C=O) groups excluding carboxylic acids is 1. The van der Waals surface area contributed by atoms with Crippen LogP contribution in [0.15, 0.2) is 48.1 Å². The van der Waals surface area contributed by atoms with Gasteiger partial charge in [0.15, 0.2) is 0 Å². The Morgan fingerprint density at radius 2 is 1.85 bits per heavy atom. The summed E-state index contributed by atoms with van der Waals surface area (Å²) < 4.78 is 0. The predicted molar refractivity (Wildman–Crippen MR) is 111 cm³/mol. The number of nitrogens with zero attached hydrogens (tertiary/aromatic N) is 3. The second-order valence-electron chi connectivity index (χ2n) is 7.92. The van der Waals surface area contributed by atoms with Crippen molar-refractivity contribution in [3.05, 3.63) is 53.7 Å². The molecule has 4 nitrogen and oxygen atoms in total. The van der Waals surface area contributed by atoms with E-state index in [0.29, 0.717) is 6.42 Å². The topological polar surface area (TPSA) is 46.1 Å². The van der Waals surface area contributed by atoms with Gasteiger partial charge in [0.25, 0.3) is 0 Å². The van der Waals surface area contributed by atoms with Crippen LogP contribution in [0.5, 0.6) is 0 Å². The van der Waals surface area contributed by atoms with E-state index in [2.05, 4.69) is 56.3 Å². The van der Waals surface area contributed by atoms with E-state index >= 15 is 0 Å². The van der Waals surface area contributed by atoms with Crippen LogP contribution in [0, 0.1) is 0 Å². The van der Waals surface area contributed by atoms with Crippen molar-refractivity contribution in [3.8, 4) is 21.8 Å². The fourth-order valence-corrected chi connectivity index (χ4v) is 4.58. The molecule has 0 radical (unpaired) electrons. The van der Waals surface area contributed by atoms with Crippen LogP contribution in [-0.4, -0.2) is 21.9 Å². The number of thiazole rings is 1. The third-order valence-corrected chi connectivity index (χ3v) is 5.98. The molecular formula is C22H23N3OS. The smallest absolute Gasteiger partial charge is 0.228 e. The Hall–Kier alpha value is -2.53. The number of aromatic nitrogens is 2. The third-order valence-electron chi connectivity index (χ3n) is 5.09. The van der Waals surface area contributed by atoms with E-state index in [1.165, 1.54) is 5.56 Å². The van der Waals surface area contributed by atoms with Gasteiger partial charge in [-0.2, -0.15) is 0 Å². The van der Waals surface area contributed by atoms with Gasteiger partial charge in [0, 0.05) is 52.5 Å². The lowest BCUT2D eigenvalue weighted by molar-refractivity contribution is -0.120. The van der Waals surface area contributed by atoms with Crippen molar-refractivity contribution in [1.82, 2.24) is 9.97 Å². The summed E-state index contributed by atoms with van der Waals surface area (Å²) in [6.07, 6.45) is 4.10. The number of hydrogen-bond acceptors (Lipinski definition) is 4. The predicted octanol–water partition coefficient (Wildman–Crippen LogP) is 5.29. The second kappa shape index (κ2) is 6.57. The highest BCUT2D eigenvalue weighted by atomic mass is 32.1. The maximum absolute atomic E-state index is 12.6. The summed E-state index contributed by atoms with van der Waals surface area (Å²) in [5, 5.41) is 3.09. The molecule has 0 bridgehead atoms. The zero-order chi connectivity index (χ0) is 19.2. The van der Waals surface area contributed by atoms with Gasteiger partial charge in [0.2, 0.25) is 5.91 Å². The van der Waals surface area contributed by atoms with Crippen molar-refractivity contribution in [2.45, 2.75) is 45.6 Å². The average molecular weight is 378 g/mol. The van der Waals surface area contributed by atoms with E-state index in [1.54, 1.807) is 23.7 Å². The summed E-state index contributed by atoms with van der Waals surface area (Å²) in [7, 11) is 0. The largest absolute Gasteiger partial charge is 0.310 e. The van der Waals surface area contributed by atoms with Crippen LogP contribution in [0.25, 0.3) is 21.8 Å². The third kappa shape index (κ3) is 3.16. The van der Waals surface area contributed by atoms with Gasteiger partial charge in [-0.1, -0.05) is 19.9 Å². The maximum atomic E-state index is 12.6. The molecule has 5 heteroatoms. The van der Waals surface area contributed by atoms with Gasteiger partial charge in [-0.05, 0) is 43.7 Å². The molecule has 0 spiro atoms. The standard InChI is InChI=1S/C22H23N3OS/c1-14(2)25-19-6-5-16(11-17(19)22(3,4)12-20(25)26)18-13-27-21(24-18)15-7-9-23-10-8-15/h5-11,13-14H,12H2,1-4H3. The van der Waals surface area contributed by atoms with Gasteiger partial charge in [-0.3, -0.25) is 9.78 Å². The first kappa shape index (κ1) is 17.9. The van der Waals surface area contributed by atoms with Crippen molar-refractivity contribution in [2.24, 2.45) is 0 Å². The highest BCUT2D eigenvalue weighted by molar-refractivity contribution is 7.13. The average Bonchev–Trinajstić information content (AvgIpc) is 3.11. The maximum Gasteiger partial charge on any atom is 0.228 e. The fourth-order valence-electron chi connectivity index (χ4n) is 3.74. The van der Waals surface area contributed by atoms with Crippen LogP contribution in [0.4, 0.5) is 5.69 Å². The van der Waals surface area contributed by atoms with Gasteiger partial charge < -0.3 is 4.90 Å². The van der Waals surface area contributed by atoms with Gasteiger partial charge in [0.1, 0.15) is 5.01 Å². The van der Waals surface area contributed by atoms with Crippen LogP contribution >= 0.6 is 11.3 Å². The lowest BCUT2D eigenvalue weighted by Gasteiger charge is -2.40. The number of rotatable bonds is 3. The Morgan fingerprint density at radius 3 is 2.56 bits per heavy atom. The van der Waals surface area contributed by atoms with Crippen LogP contribution in [0.1, 0.15) is 39.7 Å². The fraction of sp³-hybridized carbons (Fsp3) is 0.318. The Bertz CT molecular complexity index is 992. The molecule has 1 aliphatic heterocycles. The molecule has 0 saturated carbocycles. The number of fused-ring (bicyclic) bond motifs is 1. The van der Waals surface area contributed by atoms with Crippen molar-refractivity contribution in [2.75, 3.05) is 4.90 Å². The number of carbonyl (C=O) groups is 1. The van der Waals surface area contributed by atoms with Crippen LogP contribution in [-0.2, 0) is 10.2 Å². The van der Waals surface area contributed by atoms with Gasteiger partial charge in [0.05, 0.1) is 5.69 Å². The molecule has 2 aromatic heterocycles. The summed E-state index contributed by atoms with van der Waals surface area (Å²) in [4.78, 5) is 23.5. The minimum Gasteiger partial charge on any atom is -0.310 e. The zero-order valence-electron chi connectivity index (χ0n) is 16.1. The van der Waals surface area contributed by atoms with Crippen molar-refractivity contribution < 1.29 is 4.79 Å². The molecule has 1 aromatic carbocycles. The van der Waals surface area contributed by atoms with Crippen LogP contribution in [0.3, 0.4) is 0 Å². The number of benzene rings is 1. The number of anilines is 1. The Balaban J connectivity index is 1.77. The molecule has 1 amide bonds. The summed E-state index contributed by atoms with van der Waals surface area (Å²) in [5.74, 6) is 0.198. The Labute approximate surface area is 163 Å². The van der Waals surface area contributed by atoms with E-state index in [0.717, 1.165) is 27.5 Å². The van der Waals surface area contributed by atoms with Gasteiger partial charge >= 0.3 is 0 Å². The van der Waals surface area contributed by atoms with E-state index < -0.39 is 0 Å². The van der Waals surface area contributed by atoms with E-state index in [-0.39, 0.29) is 17.4 Å². The summed E-state index contributed by atoms with van der Waals surface area (Å²) in [5.41, 5.74) is 5.20. The van der Waals surface area contributed by atoms with E-state index in [9.17, 15) is 4.79 Å². The molecule has 4 rings (SSSR count). The van der Waals surface area contributed by atoms with Crippen LogP contribution in [0.2, 0.25) is 0 Å². The first-order valence-corrected chi connectivity index (χ1v) is 10.1. The molecule has 138 valence electrons. The van der Waals surface area contributed by atoms with E-state index in [4.69, 9.17) is 4.98 Å². The molecule has 0 N–H and O–H groups in total. The quantitative estimate of drug-likeness (QED) is 0.622. The van der Waals surface area contributed by atoms with Gasteiger partial charge in [-0.15, -0.1) is 11.3 Å². The molecule has 1 aliphatic rings. The van der Waals surface area contributed by atoms with Gasteiger partial charge in [-0.25, -0.2) is 4.98 Å². The van der Waals surface area contributed by atoms with Crippen molar-refractivity contribution in [1.29, 1.82) is 0 Å². The highest BCUT2D eigenvalue weighted by Crippen LogP contribution is 2.43. The first-order chi connectivity index (χ1) is 12.9. The number of amides is 1. The molecule has 27 heavy (non-hydrogen) atoms. The summed E-state index contributed by atoms with van der Waals surface area (Å²) in [6.45, 7) is 8.42. The molecule has 3 aromatic rings. The number of hydrogen-bond donors (Lipinski definition) is 0. The van der Waals surface area contributed by atoms with E-state index in [1.807, 2.05) is 17.0 Å². The molecule has 3 heterocycles. The SMILES string of the molecule is CC(C)N1C(=O)CC(C)(C)c2cc(-c3csc(-c4ccncc4)n3)ccc21. The Morgan fingerprint density at radius 1 is 1.11 bits per heavy atom. The monoisotopic (exact) mass is 377 g/mol. The molecule has 0 aliphatic carbocycles. The molecule has 0 fully saturated rings. The molecule has 0 unspecified atom stereocenters. The second-order valence-corrected chi connectivity index (χ2v) is 8.78. The zero-order valence-corrected chi connectivity index (χ0v) is 16.9. The van der Waals surface area contributed by atoms with Crippen molar-refractivity contribution >= 4 is 22.9 Å². The Kier molecular flexibility index (Phi) is 4.35. The lowest BCUT2D eigenvalue weighted by Crippen LogP contribution is -2.45. The minimum absolute atomic E-state index is 0.149. The summed E-state index contributed by atoms with van der Waals surface area (Å²) >= 11 is 1.64. The van der Waals surface area contributed by atoms with Crippen LogP contribution < -0.4 is 4.90 Å². The number of pyridine rings is 1. The minimum atomic E-state index is -0.183. The molecular weight excluding hydrogens is 354 g/mol. The molecule has 0 atom stereocenters. The normalized spacial score (nSPS) is 15.9. The lowest BCUT2D eigenvalue weighted by atomic mass is 9.76.